The Bertz CT molecular complexity index is 624. The molecule has 1 N–H and O–H groups in total. The molecule has 136 valence electrons. The highest BCUT2D eigenvalue weighted by atomic mass is 35.5. The third-order valence-corrected chi connectivity index (χ3v) is 4.79. The molecule has 25 heavy (non-hydrogen) atoms. The summed E-state index contributed by atoms with van der Waals surface area (Å²) in [7, 11) is 1.62. The van der Waals surface area contributed by atoms with Crippen molar-refractivity contribution in [3.05, 3.63) is 34.9 Å². The van der Waals surface area contributed by atoms with Gasteiger partial charge >= 0.3 is 5.97 Å². The lowest BCUT2D eigenvalue weighted by Gasteiger charge is -2.31. The lowest BCUT2D eigenvalue weighted by Crippen LogP contribution is -2.45. The average molecular weight is 367 g/mol. The fraction of sp³-hybridized carbons (Fsp3) is 0.500. The van der Waals surface area contributed by atoms with Crippen molar-refractivity contribution in [2.24, 2.45) is 5.92 Å². The first-order chi connectivity index (χ1) is 11.9. The molecule has 0 spiro atoms. The number of likely N-dealkylation sites (tertiary alicyclic amines) is 1. The Morgan fingerprint density at radius 1 is 1.20 bits per heavy atom. The molecule has 0 bridgehead atoms. The first-order valence-electron chi connectivity index (χ1n) is 8.36. The van der Waals surface area contributed by atoms with E-state index in [1.54, 1.807) is 24.1 Å². The quantitative estimate of drug-likeness (QED) is 0.835. The highest BCUT2D eigenvalue weighted by molar-refractivity contribution is 6.30. The lowest BCUT2D eigenvalue weighted by atomic mass is 9.97. The number of amides is 2. The highest BCUT2D eigenvalue weighted by Gasteiger charge is 2.27. The predicted molar refractivity (Wildman–Crippen MR) is 94.3 cm³/mol. The number of halogens is 1. The van der Waals surface area contributed by atoms with Crippen LogP contribution in [0, 0.1) is 5.92 Å². The summed E-state index contributed by atoms with van der Waals surface area (Å²) in [6.45, 7) is 0.891. The van der Waals surface area contributed by atoms with Gasteiger partial charge in [-0.25, -0.2) is 0 Å². The zero-order valence-corrected chi connectivity index (χ0v) is 15.0. The van der Waals surface area contributed by atoms with Gasteiger partial charge in [0.15, 0.2) is 0 Å². The number of likely N-dealkylation sites (N-methyl/N-ethyl adjacent to an activating group) is 1. The number of hydrogen-bond donors (Lipinski definition) is 1. The van der Waals surface area contributed by atoms with E-state index in [1.165, 1.54) is 4.90 Å². The van der Waals surface area contributed by atoms with E-state index >= 15 is 0 Å². The molecule has 6 nitrogen and oxygen atoms in total. The second kappa shape index (κ2) is 8.85. The molecule has 2 amide bonds. The Labute approximate surface area is 152 Å². The van der Waals surface area contributed by atoms with Crippen molar-refractivity contribution in [2.75, 3.05) is 26.7 Å². The molecule has 1 saturated heterocycles. The molecular weight excluding hydrogens is 344 g/mol. The van der Waals surface area contributed by atoms with E-state index in [-0.39, 0.29) is 24.3 Å². The summed E-state index contributed by atoms with van der Waals surface area (Å²) in [6.07, 6.45) is 1.86. The van der Waals surface area contributed by atoms with E-state index in [9.17, 15) is 14.4 Å². The first kappa shape index (κ1) is 19.2. The van der Waals surface area contributed by atoms with E-state index in [1.807, 2.05) is 12.1 Å². The van der Waals surface area contributed by atoms with Gasteiger partial charge in [-0.05, 0) is 37.0 Å². The zero-order chi connectivity index (χ0) is 18.4. The van der Waals surface area contributed by atoms with Gasteiger partial charge in [-0.3, -0.25) is 14.4 Å². The predicted octanol–water partition coefficient (Wildman–Crippen LogP) is 2.05. The maximum absolute atomic E-state index is 12.3. The Morgan fingerprint density at radius 3 is 2.36 bits per heavy atom. The molecule has 1 aliphatic rings. The lowest BCUT2D eigenvalue weighted by molar-refractivity contribution is -0.146. The van der Waals surface area contributed by atoms with Gasteiger partial charge in [-0.1, -0.05) is 23.7 Å². The standard InChI is InChI=1S/C18H23ClN2O4/c1-20(16(22)7-4-13-2-5-15(19)6-3-13)12-17(23)21-10-8-14(9-11-21)18(24)25/h2-3,5-6,14H,4,7-12H2,1H3,(H,24,25). The molecule has 7 heteroatoms. The van der Waals surface area contributed by atoms with Crippen molar-refractivity contribution in [2.45, 2.75) is 25.7 Å². The number of piperidine rings is 1. The normalized spacial score (nSPS) is 15.0. The van der Waals surface area contributed by atoms with Gasteiger partial charge in [-0.15, -0.1) is 0 Å². The number of carboxylic acids is 1. The van der Waals surface area contributed by atoms with Gasteiger partial charge in [0.2, 0.25) is 11.8 Å². The van der Waals surface area contributed by atoms with Crippen LogP contribution < -0.4 is 0 Å². The monoisotopic (exact) mass is 366 g/mol. The van der Waals surface area contributed by atoms with Crippen molar-refractivity contribution in [3.63, 3.8) is 0 Å². The molecule has 0 radical (unpaired) electrons. The summed E-state index contributed by atoms with van der Waals surface area (Å²) in [5.74, 6) is -1.40. The molecule has 0 saturated carbocycles. The second-order valence-corrected chi connectivity index (χ2v) is 6.81. The van der Waals surface area contributed by atoms with Crippen LogP contribution in [0.3, 0.4) is 0 Å². The van der Waals surface area contributed by atoms with Gasteiger partial charge in [0, 0.05) is 31.6 Å². The third kappa shape index (κ3) is 5.74. The summed E-state index contributed by atoms with van der Waals surface area (Å²) in [5.41, 5.74) is 1.02. The maximum atomic E-state index is 12.3. The minimum atomic E-state index is -0.804. The van der Waals surface area contributed by atoms with Crippen molar-refractivity contribution in [1.29, 1.82) is 0 Å². The molecular formula is C18H23ClN2O4. The van der Waals surface area contributed by atoms with Crippen molar-refractivity contribution < 1.29 is 19.5 Å². The van der Waals surface area contributed by atoms with Gasteiger partial charge < -0.3 is 14.9 Å². The van der Waals surface area contributed by atoms with Crippen LogP contribution in [0.5, 0.6) is 0 Å². The maximum Gasteiger partial charge on any atom is 0.306 e. The molecule has 0 aliphatic carbocycles. The number of carbonyl (C=O) groups is 3. The Balaban J connectivity index is 1.75. The third-order valence-electron chi connectivity index (χ3n) is 4.54. The fourth-order valence-electron chi connectivity index (χ4n) is 2.86. The van der Waals surface area contributed by atoms with Gasteiger partial charge in [-0.2, -0.15) is 0 Å². The van der Waals surface area contributed by atoms with Crippen LogP contribution in [0.15, 0.2) is 24.3 Å². The molecule has 1 aromatic carbocycles. The topological polar surface area (TPSA) is 77.9 Å². The van der Waals surface area contributed by atoms with Gasteiger partial charge in [0.05, 0.1) is 12.5 Å². The Kier molecular flexibility index (Phi) is 6.82. The van der Waals surface area contributed by atoms with E-state index in [0.29, 0.717) is 43.8 Å². The SMILES string of the molecule is CN(CC(=O)N1CCC(C(=O)O)CC1)C(=O)CCc1ccc(Cl)cc1. The van der Waals surface area contributed by atoms with Gasteiger partial charge in [0.25, 0.3) is 0 Å². The summed E-state index contributed by atoms with van der Waals surface area (Å²) < 4.78 is 0. The van der Waals surface area contributed by atoms with Crippen LogP contribution in [0.2, 0.25) is 5.02 Å². The van der Waals surface area contributed by atoms with Gasteiger partial charge in [0.1, 0.15) is 0 Å². The number of aliphatic carboxylic acids is 1. The van der Waals surface area contributed by atoms with E-state index in [2.05, 4.69) is 0 Å². The minimum absolute atomic E-state index is 0.0250. The van der Waals surface area contributed by atoms with Crippen molar-refractivity contribution >= 4 is 29.4 Å². The molecule has 1 heterocycles. The summed E-state index contributed by atoms with van der Waals surface area (Å²) in [5, 5.41) is 9.64. The van der Waals surface area contributed by atoms with Crippen LogP contribution in [0.4, 0.5) is 0 Å². The van der Waals surface area contributed by atoms with Crippen molar-refractivity contribution in [1.82, 2.24) is 9.80 Å². The number of hydrogen-bond acceptors (Lipinski definition) is 3. The molecule has 1 fully saturated rings. The molecule has 2 rings (SSSR count). The number of aryl methyl sites for hydroxylation is 1. The number of benzene rings is 1. The van der Waals surface area contributed by atoms with E-state index < -0.39 is 5.97 Å². The summed E-state index contributed by atoms with van der Waals surface area (Å²) in [6, 6.07) is 7.34. The van der Waals surface area contributed by atoms with Crippen molar-refractivity contribution in [3.8, 4) is 0 Å². The molecule has 0 atom stereocenters. The number of carboxylic acid groups (broad SMARTS) is 1. The average Bonchev–Trinajstić information content (AvgIpc) is 2.60. The number of nitrogens with zero attached hydrogens (tertiary/aromatic N) is 2. The Morgan fingerprint density at radius 2 is 1.80 bits per heavy atom. The fourth-order valence-corrected chi connectivity index (χ4v) is 2.99. The van der Waals surface area contributed by atoms with E-state index in [4.69, 9.17) is 16.7 Å². The molecule has 0 aromatic heterocycles. The first-order valence-corrected chi connectivity index (χ1v) is 8.73. The van der Waals surface area contributed by atoms with Crippen LogP contribution >= 0.6 is 11.6 Å². The minimum Gasteiger partial charge on any atom is -0.481 e. The van der Waals surface area contributed by atoms with E-state index in [0.717, 1.165) is 5.56 Å². The molecule has 1 aromatic rings. The largest absolute Gasteiger partial charge is 0.481 e. The second-order valence-electron chi connectivity index (χ2n) is 6.37. The molecule has 1 aliphatic heterocycles. The summed E-state index contributed by atoms with van der Waals surface area (Å²) in [4.78, 5) is 38.5. The van der Waals surface area contributed by atoms with Crippen LogP contribution in [0.25, 0.3) is 0 Å². The number of rotatable bonds is 6. The van der Waals surface area contributed by atoms with Crippen LogP contribution in [-0.4, -0.2) is 59.4 Å². The zero-order valence-electron chi connectivity index (χ0n) is 14.3. The smallest absolute Gasteiger partial charge is 0.306 e. The Hall–Kier alpha value is -2.08. The summed E-state index contributed by atoms with van der Waals surface area (Å²) >= 11 is 5.83. The van der Waals surface area contributed by atoms with Crippen LogP contribution in [-0.2, 0) is 20.8 Å². The molecule has 0 unspecified atom stereocenters. The highest BCUT2D eigenvalue weighted by Crippen LogP contribution is 2.17. The van der Waals surface area contributed by atoms with Crippen LogP contribution in [0.1, 0.15) is 24.8 Å². The number of carbonyl (C=O) groups excluding carboxylic acids is 2.